The van der Waals surface area contributed by atoms with Gasteiger partial charge in [0.25, 0.3) is 0 Å². The van der Waals surface area contributed by atoms with Gasteiger partial charge in [-0.05, 0) is 32.0 Å². The van der Waals surface area contributed by atoms with E-state index < -0.39 is 0 Å². The minimum atomic E-state index is -0.249. The molecule has 0 aliphatic carbocycles. The molecule has 7 heteroatoms. The molecule has 1 aromatic carbocycles. The van der Waals surface area contributed by atoms with Gasteiger partial charge >= 0.3 is 0 Å². The van der Waals surface area contributed by atoms with Crippen LogP contribution in [-0.2, 0) is 4.74 Å². The molecule has 1 atom stereocenters. The van der Waals surface area contributed by atoms with Gasteiger partial charge in [0.05, 0.1) is 12.1 Å². The largest absolute Gasteiger partial charge is 0.383 e. The molecule has 3 N–H and O–H groups in total. The van der Waals surface area contributed by atoms with Crippen molar-refractivity contribution in [1.29, 1.82) is 0 Å². The van der Waals surface area contributed by atoms with E-state index in [2.05, 4.69) is 10.3 Å². The Balaban J connectivity index is 0.00000220. The van der Waals surface area contributed by atoms with Crippen LogP contribution in [0.1, 0.15) is 24.1 Å². The number of pyridine rings is 1. The standard InChI is InChI=1S/C15H20FN3O.2ClH/c1-9-13(16)5-4-11-8-12(10(2)17)15(19-14(9)11)18-6-7-20-3;;/h4-5,8,10H,6-7,17H2,1-3H3,(H,18,19);2*1H/t10-;;/m0../s1. The lowest BCUT2D eigenvalue weighted by Gasteiger charge is -2.16. The second-order valence-corrected chi connectivity index (χ2v) is 4.88. The van der Waals surface area contributed by atoms with E-state index in [1.54, 1.807) is 20.1 Å². The molecule has 0 amide bonds. The molecular weight excluding hydrogens is 328 g/mol. The first-order valence-electron chi connectivity index (χ1n) is 6.62. The van der Waals surface area contributed by atoms with Gasteiger partial charge in [-0.15, -0.1) is 24.8 Å². The van der Waals surface area contributed by atoms with Crippen molar-refractivity contribution in [2.45, 2.75) is 19.9 Å². The Morgan fingerprint density at radius 3 is 2.64 bits per heavy atom. The summed E-state index contributed by atoms with van der Waals surface area (Å²) in [6.07, 6.45) is 0. The van der Waals surface area contributed by atoms with Gasteiger partial charge in [-0.25, -0.2) is 9.37 Å². The molecule has 1 aromatic heterocycles. The summed E-state index contributed by atoms with van der Waals surface area (Å²) in [5.74, 6) is 0.444. The van der Waals surface area contributed by atoms with Crippen LogP contribution in [0.25, 0.3) is 10.9 Å². The first-order valence-corrected chi connectivity index (χ1v) is 6.62. The monoisotopic (exact) mass is 349 g/mol. The molecule has 1 heterocycles. The molecule has 4 nitrogen and oxygen atoms in total. The van der Waals surface area contributed by atoms with E-state index in [-0.39, 0.29) is 36.7 Å². The number of aryl methyl sites for hydroxylation is 1. The molecule has 0 saturated carbocycles. The molecule has 0 unspecified atom stereocenters. The van der Waals surface area contributed by atoms with Crippen molar-refractivity contribution in [2.24, 2.45) is 5.73 Å². The van der Waals surface area contributed by atoms with Crippen molar-refractivity contribution in [3.05, 3.63) is 35.1 Å². The Kier molecular flexibility index (Phi) is 8.63. The number of benzene rings is 1. The minimum Gasteiger partial charge on any atom is -0.383 e. The number of hydrogen-bond acceptors (Lipinski definition) is 4. The van der Waals surface area contributed by atoms with Crippen LogP contribution in [0.4, 0.5) is 10.2 Å². The van der Waals surface area contributed by atoms with Gasteiger partial charge in [-0.1, -0.05) is 0 Å². The quantitative estimate of drug-likeness (QED) is 0.809. The SMILES string of the molecule is COCCNc1nc2c(C)c(F)ccc2cc1[C@H](C)N.Cl.Cl. The zero-order chi connectivity index (χ0) is 14.7. The van der Waals surface area contributed by atoms with E-state index in [1.165, 1.54) is 6.07 Å². The van der Waals surface area contributed by atoms with Crippen molar-refractivity contribution >= 4 is 41.5 Å². The Morgan fingerprint density at radius 1 is 1.36 bits per heavy atom. The maximum Gasteiger partial charge on any atom is 0.131 e. The molecule has 0 bridgehead atoms. The number of ether oxygens (including phenoxy) is 1. The fourth-order valence-corrected chi connectivity index (χ4v) is 2.13. The summed E-state index contributed by atoms with van der Waals surface area (Å²) in [5.41, 5.74) is 8.12. The zero-order valence-corrected chi connectivity index (χ0v) is 14.5. The predicted molar refractivity (Wildman–Crippen MR) is 93.9 cm³/mol. The van der Waals surface area contributed by atoms with Crippen molar-refractivity contribution in [2.75, 3.05) is 25.6 Å². The van der Waals surface area contributed by atoms with Crippen molar-refractivity contribution in [1.82, 2.24) is 4.98 Å². The summed E-state index contributed by atoms with van der Waals surface area (Å²) in [6.45, 7) is 4.83. The lowest BCUT2D eigenvalue weighted by Crippen LogP contribution is -2.15. The number of nitrogens with one attached hydrogen (secondary N) is 1. The average molecular weight is 350 g/mol. The molecule has 0 fully saturated rings. The maximum absolute atomic E-state index is 13.6. The van der Waals surface area contributed by atoms with E-state index >= 15 is 0 Å². The number of nitrogens with two attached hydrogens (primary N) is 1. The molecule has 0 saturated heterocycles. The third-order valence-corrected chi connectivity index (χ3v) is 3.29. The van der Waals surface area contributed by atoms with Gasteiger partial charge in [0.1, 0.15) is 11.6 Å². The fourth-order valence-electron chi connectivity index (χ4n) is 2.13. The second-order valence-electron chi connectivity index (χ2n) is 4.88. The summed E-state index contributed by atoms with van der Waals surface area (Å²) in [6, 6.07) is 5.01. The van der Waals surface area contributed by atoms with Gasteiger partial charge in [-0.3, -0.25) is 0 Å². The molecule has 0 spiro atoms. The number of nitrogens with zero attached hydrogens (tertiary/aromatic N) is 1. The van der Waals surface area contributed by atoms with E-state index in [0.717, 1.165) is 10.9 Å². The third-order valence-electron chi connectivity index (χ3n) is 3.29. The number of rotatable bonds is 5. The Labute approximate surface area is 142 Å². The van der Waals surface area contributed by atoms with Gasteiger partial charge in [0.15, 0.2) is 0 Å². The van der Waals surface area contributed by atoms with Gasteiger partial charge in [-0.2, -0.15) is 0 Å². The normalized spacial score (nSPS) is 11.5. The summed E-state index contributed by atoms with van der Waals surface area (Å²) in [7, 11) is 1.64. The first kappa shape index (κ1) is 20.9. The average Bonchev–Trinajstić information content (AvgIpc) is 2.43. The molecule has 0 aliphatic rings. The highest BCUT2D eigenvalue weighted by molar-refractivity contribution is 5.86. The van der Waals surface area contributed by atoms with Crippen LogP contribution >= 0.6 is 24.8 Å². The van der Waals surface area contributed by atoms with Crippen LogP contribution in [0.15, 0.2) is 18.2 Å². The lowest BCUT2D eigenvalue weighted by molar-refractivity contribution is 0.210. The maximum atomic E-state index is 13.6. The van der Waals surface area contributed by atoms with Crippen LogP contribution in [0.5, 0.6) is 0 Å². The van der Waals surface area contributed by atoms with E-state index in [1.807, 2.05) is 13.0 Å². The van der Waals surface area contributed by atoms with Gasteiger partial charge in [0, 0.05) is 36.2 Å². The van der Waals surface area contributed by atoms with Crippen LogP contribution in [0.3, 0.4) is 0 Å². The van der Waals surface area contributed by atoms with Crippen molar-refractivity contribution in [3.63, 3.8) is 0 Å². The first-order chi connectivity index (χ1) is 9.54. The van der Waals surface area contributed by atoms with Gasteiger partial charge < -0.3 is 15.8 Å². The molecule has 22 heavy (non-hydrogen) atoms. The molecule has 2 aromatic rings. The van der Waals surface area contributed by atoms with Crippen molar-refractivity contribution < 1.29 is 9.13 Å². The number of halogens is 3. The predicted octanol–water partition coefficient (Wildman–Crippen LogP) is 3.60. The summed E-state index contributed by atoms with van der Waals surface area (Å²) in [5, 5.41) is 4.09. The van der Waals surface area contributed by atoms with Gasteiger partial charge in [0.2, 0.25) is 0 Å². The number of anilines is 1. The third kappa shape index (κ3) is 4.43. The molecule has 2 rings (SSSR count). The Bertz CT molecular complexity index is 623. The topological polar surface area (TPSA) is 60.2 Å². The summed E-state index contributed by atoms with van der Waals surface area (Å²) < 4.78 is 18.7. The Morgan fingerprint density at radius 2 is 2.05 bits per heavy atom. The highest BCUT2D eigenvalue weighted by atomic mass is 35.5. The fraction of sp³-hybridized carbons (Fsp3) is 0.400. The van der Waals surface area contributed by atoms with Crippen LogP contribution in [0.2, 0.25) is 0 Å². The zero-order valence-electron chi connectivity index (χ0n) is 12.9. The van der Waals surface area contributed by atoms with E-state index in [9.17, 15) is 4.39 Å². The second kappa shape index (κ2) is 9.10. The minimum absolute atomic E-state index is 0. The molecular formula is C15H22Cl2FN3O. The number of fused-ring (bicyclic) bond motifs is 1. The Hall–Kier alpha value is -1.14. The molecule has 124 valence electrons. The molecule has 0 radical (unpaired) electrons. The van der Waals surface area contributed by atoms with Crippen LogP contribution in [-0.4, -0.2) is 25.2 Å². The highest BCUT2D eigenvalue weighted by Crippen LogP contribution is 2.27. The summed E-state index contributed by atoms with van der Waals surface area (Å²) >= 11 is 0. The number of aromatic nitrogens is 1. The highest BCUT2D eigenvalue weighted by Gasteiger charge is 2.13. The van der Waals surface area contributed by atoms with Crippen molar-refractivity contribution in [3.8, 4) is 0 Å². The summed E-state index contributed by atoms with van der Waals surface area (Å²) in [4.78, 5) is 4.54. The number of methoxy groups -OCH3 is 1. The van der Waals surface area contributed by atoms with E-state index in [4.69, 9.17) is 10.5 Å². The van der Waals surface area contributed by atoms with Crippen LogP contribution in [0, 0.1) is 12.7 Å². The lowest BCUT2D eigenvalue weighted by atomic mass is 10.0. The smallest absolute Gasteiger partial charge is 0.131 e. The molecule has 0 aliphatic heterocycles. The number of hydrogen-bond donors (Lipinski definition) is 2. The van der Waals surface area contributed by atoms with Crippen LogP contribution < -0.4 is 11.1 Å². The van der Waals surface area contributed by atoms with E-state index in [0.29, 0.717) is 30.0 Å².